The molecule has 0 bridgehead atoms. The molecule has 0 atom stereocenters. The Hall–Kier alpha value is -1.36. The average Bonchev–Trinajstić information content (AvgIpc) is 2.45. The summed E-state index contributed by atoms with van der Waals surface area (Å²) in [5.41, 5.74) is 5.78. The Kier molecular flexibility index (Phi) is 2.44. The van der Waals surface area contributed by atoms with E-state index >= 15 is 0 Å². The summed E-state index contributed by atoms with van der Waals surface area (Å²) in [4.78, 5) is 15.0. The molecule has 1 aromatic rings. The van der Waals surface area contributed by atoms with Gasteiger partial charge in [-0.25, -0.2) is 9.78 Å². The second kappa shape index (κ2) is 3.36. The minimum absolute atomic E-state index is 0.313. The van der Waals surface area contributed by atoms with Crippen LogP contribution < -0.4 is 5.73 Å². The molecule has 0 saturated heterocycles. The first-order valence-corrected chi connectivity index (χ1v) is 3.49. The second-order valence-electron chi connectivity index (χ2n) is 2.31. The summed E-state index contributed by atoms with van der Waals surface area (Å²) in [5, 5.41) is 0. The number of carbonyl (C=O) groups excluding carboxylic acids is 1. The van der Waals surface area contributed by atoms with Gasteiger partial charge in [0.25, 0.3) is 0 Å². The van der Waals surface area contributed by atoms with Gasteiger partial charge in [0.05, 0.1) is 19.9 Å². The van der Waals surface area contributed by atoms with Crippen molar-refractivity contribution in [1.29, 1.82) is 0 Å². The van der Waals surface area contributed by atoms with Crippen molar-refractivity contribution in [2.45, 2.75) is 6.54 Å². The fourth-order valence-electron chi connectivity index (χ4n) is 0.932. The highest BCUT2D eigenvalue weighted by atomic mass is 16.5. The first kappa shape index (κ1) is 8.73. The Morgan fingerprint density at radius 1 is 1.83 bits per heavy atom. The molecule has 1 heterocycles. The fourth-order valence-corrected chi connectivity index (χ4v) is 0.932. The molecular formula is C7H11N3O2. The molecule has 0 amide bonds. The third kappa shape index (κ3) is 1.31. The highest BCUT2D eigenvalue weighted by Gasteiger charge is 2.12. The first-order valence-electron chi connectivity index (χ1n) is 3.49. The van der Waals surface area contributed by atoms with Gasteiger partial charge >= 0.3 is 5.97 Å². The van der Waals surface area contributed by atoms with Crippen LogP contribution in [-0.4, -0.2) is 22.6 Å². The van der Waals surface area contributed by atoms with E-state index in [1.165, 1.54) is 13.3 Å². The predicted octanol–water partition coefficient (Wildman–Crippen LogP) is -0.335. The Morgan fingerprint density at radius 3 is 2.92 bits per heavy atom. The largest absolute Gasteiger partial charge is 0.464 e. The minimum atomic E-state index is -0.398. The number of ether oxygens (including phenoxy) is 1. The third-order valence-electron chi connectivity index (χ3n) is 1.66. The zero-order valence-electron chi connectivity index (χ0n) is 7.07. The van der Waals surface area contributed by atoms with E-state index < -0.39 is 5.97 Å². The molecule has 66 valence electrons. The Balaban J connectivity index is 3.02. The highest BCUT2D eigenvalue weighted by Crippen LogP contribution is 2.03. The standard InChI is InChI=1S/C7H11N3O2/c1-10-5(7(11)12-2)4-9-6(10)3-8/h4H,3,8H2,1-2H3. The normalized spacial score (nSPS) is 9.92. The van der Waals surface area contributed by atoms with Crippen molar-refractivity contribution >= 4 is 5.97 Å². The zero-order chi connectivity index (χ0) is 9.14. The fraction of sp³-hybridized carbons (Fsp3) is 0.429. The first-order chi connectivity index (χ1) is 5.70. The van der Waals surface area contributed by atoms with E-state index in [1.54, 1.807) is 11.6 Å². The van der Waals surface area contributed by atoms with Crippen LogP contribution >= 0.6 is 0 Å². The monoisotopic (exact) mass is 169 g/mol. The molecule has 5 heteroatoms. The quantitative estimate of drug-likeness (QED) is 0.615. The van der Waals surface area contributed by atoms with Crippen molar-refractivity contribution in [3.05, 3.63) is 17.7 Å². The molecule has 0 aliphatic rings. The maximum absolute atomic E-state index is 11.0. The van der Waals surface area contributed by atoms with Gasteiger partial charge in [-0.3, -0.25) is 0 Å². The van der Waals surface area contributed by atoms with Gasteiger partial charge in [-0.15, -0.1) is 0 Å². The number of aromatic nitrogens is 2. The van der Waals surface area contributed by atoms with E-state index in [1.807, 2.05) is 0 Å². The topological polar surface area (TPSA) is 70.1 Å². The van der Waals surface area contributed by atoms with Gasteiger partial charge in [0.1, 0.15) is 11.5 Å². The number of hydrogen-bond acceptors (Lipinski definition) is 4. The molecule has 2 N–H and O–H groups in total. The van der Waals surface area contributed by atoms with E-state index in [4.69, 9.17) is 5.73 Å². The lowest BCUT2D eigenvalue weighted by Crippen LogP contribution is -2.11. The molecule has 0 fully saturated rings. The van der Waals surface area contributed by atoms with Crippen molar-refractivity contribution in [1.82, 2.24) is 9.55 Å². The van der Waals surface area contributed by atoms with Crippen LogP contribution in [0.1, 0.15) is 16.3 Å². The van der Waals surface area contributed by atoms with Gasteiger partial charge in [0.15, 0.2) is 0 Å². The predicted molar refractivity (Wildman–Crippen MR) is 42.4 cm³/mol. The summed E-state index contributed by atoms with van der Waals surface area (Å²) in [6, 6.07) is 0. The van der Waals surface area contributed by atoms with E-state index in [-0.39, 0.29) is 0 Å². The van der Waals surface area contributed by atoms with Crippen LogP contribution in [0.2, 0.25) is 0 Å². The lowest BCUT2D eigenvalue weighted by molar-refractivity contribution is 0.0589. The second-order valence-corrected chi connectivity index (χ2v) is 2.31. The van der Waals surface area contributed by atoms with Crippen LogP contribution in [0.4, 0.5) is 0 Å². The van der Waals surface area contributed by atoms with E-state index in [0.717, 1.165) is 0 Å². The van der Waals surface area contributed by atoms with Crippen molar-refractivity contribution in [2.75, 3.05) is 7.11 Å². The Bertz CT molecular complexity index is 293. The molecule has 0 aliphatic heterocycles. The Labute approximate surface area is 70.1 Å². The molecule has 0 spiro atoms. The Morgan fingerprint density at radius 2 is 2.50 bits per heavy atom. The van der Waals surface area contributed by atoms with Crippen molar-refractivity contribution in [3.8, 4) is 0 Å². The maximum atomic E-state index is 11.0. The maximum Gasteiger partial charge on any atom is 0.356 e. The summed E-state index contributed by atoms with van der Waals surface area (Å²) >= 11 is 0. The number of carbonyl (C=O) groups is 1. The summed E-state index contributed by atoms with van der Waals surface area (Å²) in [7, 11) is 3.05. The zero-order valence-corrected chi connectivity index (χ0v) is 7.07. The number of nitrogens with zero attached hydrogens (tertiary/aromatic N) is 2. The van der Waals surface area contributed by atoms with Crippen molar-refractivity contribution in [2.24, 2.45) is 12.8 Å². The van der Waals surface area contributed by atoms with Gasteiger partial charge in [-0.1, -0.05) is 0 Å². The molecule has 1 rings (SSSR count). The van der Waals surface area contributed by atoms with Crippen LogP contribution in [0.5, 0.6) is 0 Å². The van der Waals surface area contributed by atoms with E-state index in [0.29, 0.717) is 18.1 Å². The summed E-state index contributed by atoms with van der Waals surface area (Å²) in [5.74, 6) is 0.264. The summed E-state index contributed by atoms with van der Waals surface area (Å²) in [6.07, 6.45) is 1.45. The number of imidazole rings is 1. The number of esters is 1. The third-order valence-corrected chi connectivity index (χ3v) is 1.66. The smallest absolute Gasteiger partial charge is 0.356 e. The van der Waals surface area contributed by atoms with Gasteiger partial charge < -0.3 is 15.0 Å². The number of nitrogens with two attached hydrogens (primary N) is 1. The minimum Gasteiger partial charge on any atom is -0.464 e. The van der Waals surface area contributed by atoms with Crippen LogP contribution in [0.3, 0.4) is 0 Å². The number of hydrogen-bond donors (Lipinski definition) is 1. The highest BCUT2D eigenvalue weighted by molar-refractivity contribution is 5.87. The molecule has 5 nitrogen and oxygen atoms in total. The molecule has 0 saturated carbocycles. The van der Waals surface area contributed by atoms with E-state index in [9.17, 15) is 4.79 Å². The number of methoxy groups -OCH3 is 1. The van der Waals surface area contributed by atoms with E-state index in [2.05, 4.69) is 9.72 Å². The molecule has 0 unspecified atom stereocenters. The molecule has 1 aromatic heterocycles. The van der Waals surface area contributed by atoms with Gasteiger partial charge in [0.2, 0.25) is 0 Å². The SMILES string of the molecule is COC(=O)c1cnc(CN)n1C. The molecule has 12 heavy (non-hydrogen) atoms. The van der Waals surface area contributed by atoms with Crippen molar-refractivity contribution in [3.63, 3.8) is 0 Å². The average molecular weight is 169 g/mol. The van der Waals surface area contributed by atoms with Crippen LogP contribution in [0.15, 0.2) is 6.20 Å². The molecule has 0 aromatic carbocycles. The van der Waals surface area contributed by atoms with Crippen LogP contribution in [0.25, 0.3) is 0 Å². The van der Waals surface area contributed by atoms with Crippen molar-refractivity contribution < 1.29 is 9.53 Å². The molecular weight excluding hydrogens is 158 g/mol. The van der Waals surface area contributed by atoms with Gasteiger partial charge in [-0.2, -0.15) is 0 Å². The molecule has 0 radical (unpaired) electrons. The lowest BCUT2D eigenvalue weighted by Gasteiger charge is -2.01. The summed E-state index contributed by atoms with van der Waals surface area (Å²) in [6.45, 7) is 0.313. The van der Waals surface area contributed by atoms with Gasteiger partial charge in [-0.05, 0) is 0 Å². The number of rotatable bonds is 2. The van der Waals surface area contributed by atoms with Crippen LogP contribution in [-0.2, 0) is 18.3 Å². The molecule has 0 aliphatic carbocycles. The summed E-state index contributed by atoms with van der Waals surface area (Å²) < 4.78 is 6.15. The van der Waals surface area contributed by atoms with Gasteiger partial charge in [0, 0.05) is 7.05 Å². The van der Waals surface area contributed by atoms with Crippen LogP contribution in [0, 0.1) is 0 Å². The lowest BCUT2D eigenvalue weighted by atomic mass is 10.5.